The zero-order chi connectivity index (χ0) is 82.4. The molecule has 2 fully saturated rings. The fraction of sp³-hybridized carbons (Fsp3) is 0.217. The Bertz CT molecular complexity index is 4550. The van der Waals surface area contributed by atoms with Crippen LogP contribution in [0.1, 0.15) is 125 Å². The molecule has 23 heteroatoms. The SMILES string of the molecule is CCCC1CCC(c2ccc(-c3ccc(C(F)(F)Oc4cc(F)c(F)c(F)c4)cc3)c(F)c2)CC1.CCCC1CCC(c2ccc(B(O)O)c(F)c2)CC1.Fc1cc(OC(F)(F)c2ccc(Br)cc2)cc(F)c1F.[Cl][Pd][Cl].c1ccc(P(c2ccccc2)c2ccccc2)cc1.c1ccc(P(c2ccccc2)c2ccccc2)cc1. The first-order chi connectivity index (χ1) is 55.4. The van der Waals surface area contributed by atoms with Crippen LogP contribution < -0.4 is 46.8 Å². The average molecular weight is 1810 g/mol. The number of halogens is 15. The van der Waals surface area contributed by atoms with Gasteiger partial charge in [0.2, 0.25) is 0 Å². The van der Waals surface area contributed by atoms with Crippen LogP contribution in [0.5, 0.6) is 11.5 Å². The van der Waals surface area contributed by atoms with Crippen molar-refractivity contribution in [2.75, 3.05) is 0 Å². The van der Waals surface area contributed by atoms with Crippen molar-refractivity contribution >= 4 is 95.2 Å². The van der Waals surface area contributed by atoms with Gasteiger partial charge in [0.1, 0.15) is 23.1 Å². The van der Waals surface area contributed by atoms with E-state index in [2.05, 4.69) is 221 Å². The van der Waals surface area contributed by atoms with Crippen LogP contribution in [0.2, 0.25) is 0 Å². The van der Waals surface area contributed by atoms with Crippen LogP contribution in [-0.2, 0) is 28.2 Å². The van der Waals surface area contributed by atoms with Crippen LogP contribution in [0.4, 0.5) is 52.7 Å². The second-order valence-corrected chi connectivity index (χ2v) is 35.1. The second-order valence-electron chi connectivity index (χ2n) is 27.4. The monoisotopic (exact) mass is 1810 g/mol. The number of ether oxygens (including phenoxy) is 2. The largest absolute Gasteiger partial charge is 0.0622 e. The van der Waals surface area contributed by atoms with Gasteiger partial charge in [0.15, 0.2) is 34.9 Å². The van der Waals surface area contributed by atoms with E-state index in [0.29, 0.717) is 46.1 Å². The van der Waals surface area contributed by atoms with Gasteiger partial charge in [-0.05, 0) is 188 Å². The summed E-state index contributed by atoms with van der Waals surface area (Å²) in [6.45, 7) is 4.41. The molecule has 12 aromatic rings. The zero-order valence-corrected chi connectivity index (χ0v) is 69.1. The smallest absolute Gasteiger partial charge is 0.0134 e. The molecule has 12 aromatic carbocycles. The number of benzene rings is 12. The Balaban J connectivity index is 0.000000167. The minimum Gasteiger partial charge on any atom is -0.0622 e. The van der Waals surface area contributed by atoms with Gasteiger partial charge in [-0.15, -0.1) is 0 Å². The van der Waals surface area contributed by atoms with Crippen molar-refractivity contribution < 1.29 is 88.1 Å². The molecule has 0 unspecified atom stereocenters. The molecule has 0 spiro atoms. The van der Waals surface area contributed by atoms with E-state index in [4.69, 9.17) is 29.1 Å². The van der Waals surface area contributed by atoms with Gasteiger partial charge >= 0.3 is 54.3 Å². The van der Waals surface area contributed by atoms with Crippen molar-refractivity contribution in [3.8, 4) is 22.6 Å². The van der Waals surface area contributed by atoms with Crippen LogP contribution in [-0.4, -0.2) is 17.2 Å². The van der Waals surface area contributed by atoms with E-state index < -0.39 is 104 Å². The molecule has 2 aliphatic carbocycles. The molecule has 604 valence electrons. The topological polar surface area (TPSA) is 58.9 Å². The molecular weight excluding hydrogens is 1730 g/mol. The maximum atomic E-state index is 14.9. The molecule has 115 heavy (non-hydrogen) atoms. The first-order valence-electron chi connectivity index (χ1n) is 37.4. The molecule has 4 nitrogen and oxygen atoms in total. The molecular formula is C92H84BBrCl2F12O4P2Pd. The summed E-state index contributed by atoms with van der Waals surface area (Å²) in [5.41, 5.74) is 1.49. The summed E-state index contributed by atoms with van der Waals surface area (Å²) in [5.74, 6) is -10.3. The Morgan fingerprint density at radius 1 is 0.383 bits per heavy atom. The second kappa shape index (κ2) is 45.6. The Hall–Kier alpha value is -8.03. The van der Waals surface area contributed by atoms with Gasteiger partial charge in [-0.1, -0.05) is 274 Å². The molecule has 0 amide bonds. The maximum absolute atomic E-state index is 14.9. The number of rotatable bonds is 20. The minimum atomic E-state index is -3.95. The predicted molar refractivity (Wildman–Crippen MR) is 445 cm³/mol. The van der Waals surface area contributed by atoms with Gasteiger partial charge in [0.05, 0.1) is 11.1 Å². The van der Waals surface area contributed by atoms with Gasteiger partial charge in [-0.2, -0.15) is 17.6 Å². The van der Waals surface area contributed by atoms with Gasteiger partial charge in [-0.3, -0.25) is 0 Å². The molecule has 0 saturated heterocycles. The van der Waals surface area contributed by atoms with E-state index >= 15 is 0 Å². The Morgan fingerprint density at radius 3 is 0.948 bits per heavy atom. The first kappa shape index (κ1) is 90.9. The third kappa shape index (κ3) is 27.0. The molecule has 14 rings (SSSR count). The number of alkyl halides is 4. The standard InChI is InChI=1S/C28H26F6O.2C18H15P.C15H22BFO2.C13H6BrF5O.2ClH.Pd/c1-2-3-17-4-6-18(7-5-17)20-10-13-23(24(29)14-20)19-8-11-21(12-9-19)28(33,34)35-22-15-25(30)27(32)26(31)16-22;2*1-4-10-16(11-5-1)19(17-12-6-2-7-13-17)18-14-8-3-9-15-18;1-2-3-11-4-6-12(7-5-11)13-8-9-14(16(18)19)15(17)10-13;14-8-3-1-7(2-4-8)13(18,19)20-9-5-10(15)12(17)11(16)6-9;;;/h8-18H,2-7H2,1H3;2*1-15H;8-12,18-19H,2-7H2,1H3;1-6H;2*1H;/q;;;;;;;+2/p-2. The van der Waals surface area contributed by atoms with E-state index in [1.165, 1.54) is 113 Å². The predicted octanol–water partition coefficient (Wildman–Crippen LogP) is 25.0. The van der Waals surface area contributed by atoms with Crippen molar-refractivity contribution in [1.29, 1.82) is 0 Å². The van der Waals surface area contributed by atoms with Crippen molar-refractivity contribution in [2.24, 2.45) is 11.8 Å². The van der Waals surface area contributed by atoms with E-state index in [1.807, 2.05) is 12.1 Å². The van der Waals surface area contributed by atoms with Crippen molar-refractivity contribution in [3.63, 3.8) is 0 Å². The fourth-order valence-electron chi connectivity index (χ4n) is 13.9. The molecule has 2 N–H and O–H groups in total. The summed E-state index contributed by atoms with van der Waals surface area (Å²) in [4.78, 5) is 0. The normalized spacial score (nSPS) is 15.2. The molecule has 0 aliphatic heterocycles. The van der Waals surface area contributed by atoms with Crippen molar-refractivity contribution in [2.45, 2.75) is 115 Å². The van der Waals surface area contributed by atoms with Crippen LogP contribution >= 0.6 is 50.8 Å². The molecule has 0 radical (unpaired) electrons. The number of hydrogen-bond acceptors (Lipinski definition) is 4. The maximum Gasteiger partial charge on any atom is -0.0134 e. The minimum absolute atomic E-state index is 0.0385. The molecule has 0 atom stereocenters. The Morgan fingerprint density at radius 2 is 0.670 bits per heavy atom. The zero-order valence-electron chi connectivity index (χ0n) is 62.7. The van der Waals surface area contributed by atoms with Crippen LogP contribution in [0.3, 0.4) is 0 Å². The molecule has 0 bridgehead atoms. The van der Waals surface area contributed by atoms with Gasteiger partial charge in [0, 0.05) is 39.8 Å². The third-order valence-electron chi connectivity index (χ3n) is 19.5. The molecule has 2 saturated carbocycles. The van der Waals surface area contributed by atoms with Crippen LogP contribution in [0.15, 0.2) is 296 Å². The van der Waals surface area contributed by atoms with E-state index in [9.17, 15) is 52.7 Å². The Kier molecular flexibility index (Phi) is 36.1. The van der Waals surface area contributed by atoms with Gasteiger partial charge in [0.25, 0.3) is 0 Å². The third-order valence-corrected chi connectivity index (χ3v) is 24.9. The van der Waals surface area contributed by atoms with E-state index in [-0.39, 0.29) is 27.0 Å². The first-order valence-corrected chi connectivity index (χ1v) is 44.9. The molecule has 2 aliphatic rings. The van der Waals surface area contributed by atoms with E-state index in [0.717, 1.165) is 85.8 Å². The summed E-state index contributed by atoms with van der Waals surface area (Å²) >= 11 is 2.97. The average Bonchev–Trinajstić information content (AvgIpc) is 0.813. The summed E-state index contributed by atoms with van der Waals surface area (Å²) < 4.78 is 173. The quantitative estimate of drug-likeness (QED) is 0.0346. The molecule has 0 aromatic heterocycles. The summed E-state index contributed by atoms with van der Waals surface area (Å²) in [5, 5.41) is 26.4. The summed E-state index contributed by atoms with van der Waals surface area (Å²) in [6, 6.07) is 85.6. The van der Waals surface area contributed by atoms with Crippen molar-refractivity contribution in [3.05, 3.63) is 364 Å². The summed E-state index contributed by atoms with van der Waals surface area (Å²) in [6.07, 6.45) is 6.26. The number of hydrogen-bond donors (Lipinski definition) is 2. The van der Waals surface area contributed by atoms with Crippen LogP contribution in [0, 0.1) is 58.4 Å². The van der Waals surface area contributed by atoms with Crippen LogP contribution in [0.25, 0.3) is 11.1 Å². The van der Waals surface area contributed by atoms with E-state index in [1.54, 1.807) is 6.07 Å². The van der Waals surface area contributed by atoms with Gasteiger partial charge in [-0.25, -0.2) is 35.1 Å². The molecule has 0 heterocycles. The summed E-state index contributed by atoms with van der Waals surface area (Å²) in [7, 11) is 7.01. The van der Waals surface area contributed by atoms with Gasteiger partial charge < -0.3 is 19.5 Å². The van der Waals surface area contributed by atoms with Crippen molar-refractivity contribution in [1.82, 2.24) is 0 Å². The Labute approximate surface area is 692 Å². The fourth-order valence-corrected chi connectivity index (χ4v) is 18.7.